The predicted molar refractivity (Wildman–Crippen MR) is 146 cm³/mol. The molecule has 43 heavy (non-hydrogen) atoms. The minimum atomic E-state index is -5.02. The average molecular weight is 630 g/mol. The highest BCUT2D eigenvalue weighted by Crippen LogP contribution is 2.46. The monoisotopic (exact) mass is 629 g/mol. The van der Waals surface area contributed by atoms with Gasteiger partial charge in [-0.3, -0.25) is 0 Å². The van der Waals surface area contributed by atoms with Crippen LogP contribution in [0.15, 0.2) is 59.5 Å². The summed E-state index contributed by atoms with van der Waals surface area (Å²) in [6.45, 7) is -0.206. The lowest BCUT2D eigenvalue weighted by molar-refractivity contribution is -0.139. The molecule has 9 nitrogen and oxygen atoms in total. The number of aromatic nitrogens is 1. The first-order valence-corrected chi connectivity index (χ1v) is 14.3. The Labute approximate surface area is 244 Å². The third kappa shape index (κ3) is 6.99. The van der Waals surface area contributed by atoms with Crippen LogP contribution in [0.5, 0.6) is 11.6 Å². The molecule has 0 bridgehead atoms. The van der Waals surface area contributed by atoms with E-state index in [1.165, 1.54) is 31.2 Å². The highest BCUT2D eigenvalue weighted by molar-refractivity contribution is 7.89. The van der Waals surface area contributed by atoms with Crippen LogP contribution in [0.2, 0.25) is 0 Å². The standard InChI is InChI=1S/C28H28F5N3O6S/c1-27(29,30)12-11-19-15-36(18-7-5-4-6-8-18)21-13-20(28(31,32)33)22(14-23(21)43(39,40)35(19)2)42-16-17-9-10-24(41-3)34-25(17)26(37)38/h4-10,13-14,19H,11-12,15-16H2,1-3H3,(H,37,38)/t19-/m1/s1. The van der Waals surface area contributed by atoms with Crippen molar-refractivity contribution < 1.29 is 49.7 Å². The van der Waals surface area contributed by atoms with E-state index in [1.807, 2.05) is 0 Å². The van der Waals surface area contributed by atoms with E-state index in [9.17, 15) is 40.3 Å². The summed E-state index contributed by atoms with van der Waals surface area (Å²) in [5, 5.41) is 9.52. The number of likely N-dealkylation sites (N-methyl/N-ethyl adjacent to an activating group) is 1. The van der Waals surface area contributed by atoms with Crippen molar-refractivity contribution in [2.24, 2.45) is 0 Å². The number of para-hydroxylation sites is 1. The van der Waals surface area contributed by atoms with Crippen molar-refractivity contribution in [3.05, 3.63) is 71.4 Å². The van der Waals surface area contributed by atoms with Gasteiger partial charge in [-0.2, -0.15) is 17.5 Å². The number of hydrogen-bond acceptors (Lipinski definition) is 7. The van der Waals surface area contributed by atoms with Crippen molar-refractivity contribution in [1.82, 2.24) is 9.29 Å². The van der Waals surface area contributed by atoms with Gasteiger partial charge in [0.1, 0.15) is 17.3 Å². The van der Waals surface area contributed by atoms with Gasteiger partial charge in [0, 0.05) is 49.4 Å². The first-order chi connectivity index (χ1) is 20.0. The van der Waals surface area contributed by atoms with E-state index in [2.05, 4.69) is 4.98 Å². The second kappa shape index (κ2) is 12.0. The summed E-state index contributed by atoms with van der Waals surface area (Å²) in [4.78, 5) is 16.3. The Hall–Kier alpha value is -3.98. The largest absolute Gasteiger partial charge is 0.488 e. The van der Waals surface area contributed by atoms with Gasteiger partial charge in [0.25, 0.3) is 0 Å². The molecule has 2 aromatic carbocycles. The molecule has 1 N–H and O–H groups in total. The number of carbonyl (C=O) groups is 1. The number of halogens is 5. The number of fused-ring (bicyclic) bond motifs is 1. The first-order valence-electron chi connectivity index (χ1n) is 12.9. The van der Waals surface area contributed by atoms with Crippen LogP contribution in [-0.2, 0) is 22.8 Å². The normalized spacial score (nSPS) is 17.2. The van der Waals surface area contributed by atoms with Crippen LogP contribution in [0.1, 0.15) is 41.4 Å². The fourth-order valence-electron chi connectivity index (χ4n) is 4.67. The molecule has 232 valence electrons. The van der Waals surface area contributed by atoms with Crippen LogP contribution < -0.4 is 14.4 Å². The Morgan fingerprint density at radius 3 is 2.35 bits per heavy atom. The van der Waals surface area contributed by atoms with E-state index in [4.69, 9.17) is 9.47 Å². The molecule has 3 aromatic rings. The zero-order chi connectivity index (χ0) is 31.7. The Morgan fingerprint density at radius 2 is 1.77 bits per heavy atom. The first kappa shape index (κ1) is 31.9. The molecule has 0 unspecified atom stereocenters. The summed E-state index contributed by atoms with van der Waals surface area (Å²) in [6.07, 6.45) is -5.94. The third-order valence-electron chi connectivity index (χ3n) is 6.95. The number of nitrogens with zero attached hydrogens (tertiary/aromatic N) is 3. The zero-order valence-electron chi connectivity index (χ0n) is 23.2. The number of rotatable bonds is 9. The predicted octanol–water partition coefficient (Wildman–Crippen LogP) is 5.96. The van der Waals surface area contributed by atoms with Crippen molar-refractivity contribution in [1.29, 1.82) is 0 Å². The fraction of sp³-hybridized carbons (Fsp3) is 0.357. The van der Waals surface area contributed by atoms with E-state index >= 15 is 0 Å². The summed E-state index contributed by atoms with van der Waals surface area (Å²) in [7, 11) is -2.10. The van der Waals surface area contributed by atoms with E-state index < -0.39 is 69.1 Å². The number of hydrogen-bond donors (Lipinski definition) is 1. The molecular formula is C28H28F5N3O6S. The Kier molecular flexibility index (Phi) is 8.88. The number of anilines is 2. The Morgan fingerprint density at radius 1 is 1.09 bits per heavy atom. The lowest BCUT2D eigenvalue weighted by atomic mass is 10.1. The van der Waals surface area contributed by atoms with Crippen molar-refractivity contribution in [2.45, 2.75) is 49.4 Å². The van der Waals surface area contributed by atoms with E-state index in [0.717, 1.165) is 10.4 Å². The van der Waals surface area contributed by atoms with E-state index in [1.54, 1.807) is 30.3 Å². The molecule has 0 amide bonds. The van der Waals surface area contributed by atoms with Gasteiger partial charge in [-0.1, -0.05) is 18.2 Å². The highest BCUT2D eigenvalue weighted by atomic mass is 32.2. The molecule has 0 aliphatic carbocycles. The van der Waals surface area contributed by atoms with Crippen LogP contribution >= 0.6 is 0 Å². The van der Waals surface area contributed by atoms with Gasteiger partial charge < -0.3 is 19.5 Å². The smallest absolute Gasteiger partial charge is 0.420 e. The van der Waals surface area contributed by atoms with Crippen LogP contribution in [0.4, 0.5) is 33.3 Å². The van der Waals surface area contributed by atoms with Crippen molar-refractivity contribution in [2.75, 3.05) is 25.6 Å². The summed E-state index contributed by atoms with van der Waals surface area (Å²) in [5.41, 5.74) is -1.91. The number of pyridine rings is 1. The number of ether oxygens (including phenoxy) is 2. The number of aromatic carboxylic acids is 1. The summed E-state index contributed by atoms with van der Waals surface area (Å²) < 4.78 is 110. The topological polar surface area (TPSA) is 109 Å². The maximum absolute atomic E-state index is 14.4. The number of alkyl halides is 5. The maximum Gasteiger partial charge on any atom is 0.420 e. The molecule has 1 aliphatic heterocycles. The lowest BCUT2D eigenvalue weighted by Gasteiger charge is -2.30. The SMILES string of the molecule is COc1ccc(COc2cc3c(cc2C(F)(F)F)N(c2ccccc2)C[C@@H](CCC(C)(F)F)N(C)S3(=O)=O)c(C(=O)O)n1. The second-order valence-electron chi connectivity index (χ2n) is 10.00. The molecule has 15 heteroatoms. The molecule has 0 saturated heterocycles. The van der Waals surface area contributed by atoms with Crippen molar-refractivity contribution in [3.8, 4) is 11.6 Å². The molecule has 2 heterocycles. The van der Waals surface area contributed by atoms with Crippen LogP contribution in [-0.4, -0.2) is 61.4 Å². The van der Waals surface area contributed by atoms with Crippen LogP contribution in [0.3, 0.4) is 0 Å². The van der Waals surface area contributed by atoms with Gasteiger partial charge in [-0.15, -0.1) is 0 Å². The zero-order valence-corrected chi connectivity index (χ0v) is 24.0. The van der Waals surface area contributed by atoms with Gasteiger partial charge >= 0.3 is 12.1 Å². The van der Waals surface area contributed by atoms with Gasteiger partial charge in [0.2, 0.25) is 21.8 Å². The third-order valence-corrected chi connectivity index (χ3v) is 8.89. The highest BCUT2D eigenvalue weighted by Gasteiger charge is 2.42. The molecule has 0 radical (unpaired) electrons. The van der Waals surface area contributed by atoms with Gasteiger partial charge in [-0.25, -0.2) is 27.0 Å². The lowest BCUT2D eigenvalue weighted by Crippen LogP contribution is -2.41. The Bertz CT molecular complexity index is 1600. The summed E-state index contributed by atoms with van der Waals surface area (Å²) in [6, 6.07) is 10.9. The summed E-state index contributed by atoms with van der Waals surface area (Å²) in [5.74, 6) is -5.51. The molecule has 4 rings (SSSR count). The van der Waals surface area contributed by atoms with Crippen molar-refractivity contribution in [3.63, 3.8) is 0 Å². The molecule has 0 saturated carbocycles. The van der Waals surface area contributed by atoms with E-state index in [-0.39, 0.29) is 30.1 Å². The van der Waals surface area contributed by atoms with Gasteiger partial charge in [0.05, 0.1) is 18.4 Å². The van der Waals surface area contributed by atoms with Crippen molar-refractivity contribution >= 4 is 27.4 Å². The number of sulfonamides is 1. The molecular weight excluding hydrogens is 601 g/mol. The molecule has 1 aliphatic rings. The number of methoxy groups -OCH3 is 1. The Balaban J connectivity index is 1.87. The van der Waals surface area contributed by atoms with Crippen LogP contribution in [0, 0.1) is 0 Å². The quantitative estimate of drug-likeness (QED) is 0.289. The van der Waals surface area contributed by atoms with E-state index in [0.29, 0.717) is 18.7 Å². The number of carboxylic acids is 1. The van der Waals surface area contributed by atoms with Gasteiger partial charge in [0.15, 0.2) is 5.69 Å². The minimum absolute atomic E-state index is 0.0484. The molecule has 0 fully saturated rings. The summed E-state index contributed by atoms with van der Waals surface area (Å²) >= 11 is 0. The number of carboxylic acid groups (broad SMARTS) is 1. The maximum atomic E-state index is 14.4. The average Bonchev–Trinajstić information content (AvgIpc) is 3.02. The number of benzene rings is 2. The van der Waals surface area contributed by atoms with Gasteiger partial charge in [-0.05, 0) is 37.6 Å². The molecule has 1 aromatic heterocycles. The minimum Gasteiger partial charge on any atom is -0.488 e. The molecule has 0 spiro atoms. The second-order valence-corrected chi connectivity index (χ2v) is 12.0. The fourth-order valence-corrected chi connectivity index (χ4v) is 6.23. The molecule has 1 atom stereocenters. The van der Waals surface area contributed by atoms with Crippen LogP contribution in [0.25, 0.3) is 0 Å².